The van der Waals surface area contributed by atoms with Crippen LogP contribution in [-0.2, 0) is 6.54 Å². The van der Waals surface area contributed by atoms with Crippen LogP contribution in [0.5, 0.6) is 0 Å². The molecule has 0 bridgehead atoms. The first-order valence-corrected chi connectivity index (χ1v) is 10.8. The van der Waals surface area contributed by atoms with E-state index >= 15 is 0 Å². The van der Waals surface area contributed by atoms with E-state index in [4.69, 9.17) is 0 Å². The summed E-state index contributed by atoms with van der Waals surface area (Å²) in [5.41, 5.74) is 0.840. The van der Waals surface area contributed by atoms with Gasteiger partial charge in [-0.25, -0.2) is 9.37 Å². The van der Waals surface area contributed by atoms with Gasteiger partial charge in [-0.05, 0) is 38.1 Å². The van der Waals surface area contributed by atoms with Crippen LogP contribution in [0.3, 0.4) is 0 Å². The molecule has 0 amide bonds. The van der Waals surface area contributed by atoms with E-state index in [1.807, 2.05) is 12.1 Å². The van der Waals surface area contributed by atoms with Crippen molar-refractivity contribution in [3.05, 3.63) is 70.3 Å². The van der Waals surface area contributed by atoms with Gasteiger partial charge in [0.2, 0.25) is 0 Å². The minimum Gasteiger partial charge on any atom is -0.334 e. The first kappa shape index (κ1) is 21.2. The molecule has 1 N–H and O–H groups in total. The van der Waals surface area contributed by atoms with Crippen LogP contribution in [0.4, 0.5) is 4.39 Å². The molecule has 0 unspecified atom stereocenters. The van der Waals surface area contributed by atoms with Crippen LogP contribution < -0.4 is 10.5 Å². The minimum absolute atomic E-state index is 0.0896. The summed E-state index contributed by atoms with van der Waals surface area (Å²) in [4.78, 5) is 31.6. The van der Waals surface area contributed by atoms with Crippen molar-refractivity contribution in [2.45, 2.75) is 25.5 Å². The Hall–Kier alpha value is -2.51. The van der Waals surface area contributed by atoms with Crippen molar-refractivity contribution in [1.29, 1.82) is 0 Å². The van der Waals surface area contributed by atoms with Crippen LogP contribution in [0.15, 0.2) is 58.5 Å². The number of quaternary nitrogens is 1. The number of hydrogen-bond acceptors (Lipinski definition) is 4. The molecule has 0 saturated heterocycles. The quantitative estimate of drug-likeness (QED) is 0.332. The lowest BCUT2D eigenvalue weighted by Gasteiger charge is -2.18. The number of hydrogen-bond donors (Lipinski definition) is 1. The highest BCUT2D eigenvalue weighted by atomic mass is 32.2. The van der Waals surface area contributed by atoms with Gasteiger partial charge in [0.25, 0.3) is 5.56 Å². The summed E-state index contributed by atoms with van der Waals surface area (Å²) < 4.78 is 15.1. The highest BCUT2D eigenvalue weighted by molar-refractivity contribution is 7.99. The van der Waals surface area contributed by atoms with E-state index in [2.05, 4.69) is 18.8 Å². The molecule has 0 radical (unpaired) electrons. The van der Waals surface area contributed by atoms with E-state index in [1.165, 1.54) is 34.9 Å². The number of Topliss-reactive ketones (excluding diaryl/α,β-unsaturated/α-hetero) is 1. The Morgan fingerprint density at radius 2 is 1.90 bits per heavy atom. The SMILES string of the molecule is CC[NH+](CC)CCn1c(SCC(=O)c2cccc(F)c2)nc2ccccc2c1=O. The van der Waals surface area contributed by atoms with E-state index in [1.54, 1.807) is 22.8 Å². The van der Waals surface area contributed by atoms with E-state index in [9.17, 15) is 14.0 Å². The number of benzene rings is 2. The Balaban J connectivity index is 1.89. The number of para-hydroxylation sites is 1. The molecule has 152 valence electrons. The Morgan fingerprint density at radius 3 is 2.62 bits per heavy atom. The zero-order chi connectivity index (χ0) is 20.8. The molecule has 3 aromatic rings. The van der Waals surface area contributed by atoms with Crippen molar-refractivity contribution in [1.82, 2.24) is 9.55 Å². The Bertz CT molecular complexity index is 1060. The molecule has 0 fully saturated rings. The molecule has 7 heteroatoms. The van der Waals surface area contributed by atoms with Gasteiger partial charge in [-0.3, -0.25) is 14.2 Å². The maximum atomic E-state index is 13.4. The van der Waals surface area contributed by atoms with E-state index in [-0.39, 0.29) is 17.1 Å². The molecule has 1 aromatic heterocycles. The van der Waals surface area contributed by atoms with Gasteiger partial charge in [0.05, 0.1) is 42.8 Å². The van der Waals surface area contributed by atoms with Crippen LogP contribution in [0.1, 0.15) is 24.2 Å². The Kier molecular flexibility index (Phi) is 7.17. The molecule has 0 spiro atoms. The van der Waals surface area contributed by atoms with Crippen molar-refractivity contribution in [3.8, 4) is 0 Å². The summed E-state index contributed by atoms with van der Waals surface area (Å²) in [6, 6.07) is 12.9. The normalized spacial score (nSPS) is 11.3. The lowest BCUT2D eigenvalue weighted by molar-refractivity contribution is -0.897. The molecular weight excluding hydrogens is 389 g/mol. The monoisotopic (exact) mass is 414 g/mol. The molecule has 1 heterocycles. The predicted molar refractivity (Wildman–Crippen MR) is 114 cm³/mol. The van der Waals surface area contributed by atoms with Gasteiger partial charge in [0.1, 0.15) is 5.82 Å². The second-order valence-corrected chi connectivity index (χ2v) is 7.74. The van der Waals surface area contributed by atoms with Gasteiger partial charge >= 0.3 is 0 Å². The number of nitrogens with one attached hydrogen (secondary N) is 1. The number of thioether (sulfide) groups is 1. The lowest BCUT2D eigenvalue weighted by atomic mass is 10.1. The fourth-order valence-corrected chi connectivity index (χ4v) is 4.12. The van der Waals surface area contributed by atoms with Crippen molar-refractivity contribution in [2.75, 3.05) is 25.4 Å². The lowest BCUT2D eigenvalue weighted by Crippen LogP contribution is -3.11. The van der Waals surface area contributed by atoms with Crippen LogP contribution >= 0.6 is 11.8 Å². The van der Waals surface area contributed by atoms with E-state index in [0.29, 0.717) is 28.2 Å². The van der Waals surface area contributed by atoms with Gasteiger partial charge < -0.3 is 4.90 Å². The number of aromatic nitrogens is 2. The topological polar surface area (TPSA) is 56.4 Å². The predicted octanol–water partition coefficient (Wildman–Crippen LogP) is 2.44. The summed E-state index contributed by atoms with van der Waals surface area (Å²) in [7, 11) is 0. The average molecular weight is 415 g/mol. The third-order valence-electron chi connectivity index (χ3n) is 4.99. The van der Waals surface area contributed by atoms with Crippen LogP contribution in [0, 0.1) is 5.82 Å². The number of fused-ring (bicyclic) bond motifs is 1. The van der Waals surface area contributed by atoms with Gasteiger partial charge in [-0.2, -0.15) is 0 Å². The highest BCUT2D eigenvalue weighted by Gasteiger charge is 2.15. The van der Waals surface area contributed by atoms with Crippen molar-refractivity contribution >= 4 is 28.4 Å². The third kappa shape index (κ3) is 5.10. The van der Waals surface area contributed by atoms with Gasteiger partial charge in [0, 0.05) is 5.56 Å². The fourth-order valence-electron chi connectivity index (χ4n) is 3.20. The summed E-state index contributed by atoms with van der Waals surface area (Å²) in [6.45, 7) is 7.53. The number of halogens is 1. The zero-order valence-corrected chi connectivity index (χ0v) is 17.5. The second-order valence-electron chi connectivity index (χ2n) is 6.80. The maximum Gasteiger partial charge on any atom is 0.262 e. The van der Waals surface area contributed by atoms with E-state index < -0.39 is 5.82 Å². The fraction of sp³-hybridized carbons (Fsp3) is 0.318. The van der Waals surface area contributed by atoms with Crippen molar-refractivity contribution in [2.24, 2.45) is 0 Å². The molecule has 0 saturated carbocycles. The van der Waals surface area contributed by atoms with Crippen molar-refractivity contribution in [3.63, 3.8) is 0 Å². The first-order valence-electron chi connectivity index (χ1n) is 9.78. The largest absolute Gasteiger partial charge is 0.334 e. The smallest absolute Gasteiger partial charge is 0.262 e. The minimum atomic E-state index is -0.441. The molecule has 0 aliphatic carbocycles. The summed E-state index contributed by atoms with van der Waals surface area (Å²) in [5.74, 6) is -0.548. The summed E-state index contributed by atoms with van der Waals surface area (Å²) in [6.07, 6.45) is 0. The molecule has 29 heavy (non-hydrogen) atoms. The number of carbonyl (C=O) groups is 1. The number of carbonyl (C=O) groups excluding carboxylic acids is 1. The van der Waals surface area contributed by atoms with Gasteiger partial charge in [-0.15, -0.1) is 0 Å². The summed E-state index contributed by atoms with van der Waals surface area (Å²) >= 11 is 1.22. The number of likely N-dealkylation sites (N-methyl/N-ethyl adjacent to an activating group) is 1. The number of ketones is 1. The molecule has 0 aliphatic heterocycles. The molecule has 0 aliphatic rings. The number of nitrogens with zero attached hydrogens (tertiary/aromatic N) is 2. The summed E-state index contributed by atoms with van der Waals surface area (Å²) in [5, 5.41) is 1.09. The van der Waals surface area contributed by atoms with Crippen LogP contribution in [0.2, 0.25) is 0 Å². The molecule has 2 aromatic carbocycles. The third-order valence-corrected chi connectivity index (χ3v) is 5.97. The standard InChI is InChI=1S/C22H24FN3O2S/c1-3-25(4-2)12-13-26-21(28)18-10-5-6-11-19(18)24-22(26)29-15-20(27)16-8-7-9-17(23)14-16/h5-11,14H,3-4,12-13,15H2,1-2H3/p+1. The van der Waals surface area contributed by atoms with E-state index in [0.717, 1.165) is 19.6 Å². The van der Waals surface area contributed by atoms with Crippen LogP contribution in [-0.4, -0.2) is 40.7 Å². The molecule has 3 rings (SSSR count). The zero-order valence-electron chi connectivity index (χ0n) is 16.7. The second kappa shape index (κ2) is 9.80. The average Bonchev–Trinajstić information content (AvgIpc) is 2.74. The molecule has 0 atom stereocenters. The molecule has 5 nitrogen and oxygen atoms in total. The van der Waals surface area contributed by atoms with Gasteiger partial charge in [-0.1, -0.05) is 36.0 Å². The highest BCUT2D eigenvalue weighted by Crippen LogP contribution is 2.19. The first-order chi connectivity index (χ1) is 14.0. The van der Waals surface area contributed by atoms with Crippen LogP contribution in [0.25, 0.3) is 10.9 Å². The Labute approximate surface area is 173 Å². The Morgan fingerprint density at radius 1 is 1.14 bits per heavy atom. The van der Waals surface area contributed by atoms with Gasteiger partial charge in [0.15, 0.2) is 10.9 Å². The maximum absolute atomic E-state index is 13.4. The molecular formula is C22H25FN3O2S+. The van der Waals surface area contributed by atoms with Crippen molar-refractivity contribution < 1.29 is 14.1 Å². The number of rotatable bonds is 9.